The van der Waals surface area contributed by atoms with E-state index in [2.05, 4.69) is 0 Å². The summed E-state index contributed by atoms with van der Waals surface area (Å²) >= 11 is 0. The first kappa shape index (κ1) is 83.4. The summed E-state index contributed by atoms with van der Waals surface area (Å²) in [5, 5.41) is 120. The molecule has 0 aliphatic rings. The van der Waals surface area contributed by atoms with Gasteiger partial charge in [-0.2, -0.15) is 0 Å². The van der Waals surface area contributed by atoms with Crippen LogP contribution in [0, 0.1) is 20.2 Å². The van der Waals surface area contributed by atoms with Crippen molar-refractivity contribution in [2.75, 3.05) is 11.5 Å². The van der Waals surface area contributed by atoms with Crippen molar-refractivity contribution in [3.8, 4) is 17.2 Å². The number of carbonyl (C=O) groups excluding carboxylic acids is 6. The summed E-state index contributed by atoms with van der Waals surface area (Å²) in [6, 6.07) is 30.5. The first-order chi connectivity index (χ1) is 47.4. The number of nitrogen functional groups attached to an aromatic ring is 2. The van der Waals surface area contributed by atoms with Crippen molar-refractivity contribution >= 4 is 128 Å². The Morgan fingerprint density at radius 1 is 0.333 bits per heavy atom. The van der Waals surface area contributed by atoms with Gasteiger partial charge in [0.05, 0.1) is 54.4 Å². The first-order valence-electron chi connectivity index (χ1n) is 28.3. The number of nitro benzene ring substituents is 2. The number of hydrogen-bond acceptors (Lipinski definition) is 23. The van der Waals surface area contributed by atoms with Gasteiger partial charge in [0.25, 0.3) is 11.4 Å². The molecule has 0 saturated carbocycles. The number of carboxylic acids is 8. The maximum Gasteiger partial charge on any atom is 0.339 e. The number of aromatic carboxylic acids is 7. The van der Waals surface area contributed by atoms with Crippen LogP contribution in [-0.2, 0) is 9.59 Å². The summed E-state index contributed by atoms with van der Waals surface area (Å²) in [6.45, 7) is 8.01. The summed E-state index contributed by atoms with van der Waals surface area (Å²) in [5.74, 6) is -12.3. The number of aliphatic carboxylic acids is 1. The highest BCUT2D eigenvalue weighted by atomic mass is 16.6. The van der Waals surface area contributed by atoms with Crippen LogP contribution < -0.4 is 11.5 Å². The number of benzene rings is 8. The largest absolute Gasteiger partial charge is 0.507 e. The van der Waals surface area contributed by atoms with Gasteiger partial charge in [0, 0.05) is 45.8 Å². The van der Waals surface area contributed by atoms with Gasteiger partial charge >= 0.3 is 47.8 Å². The predicted molar refractivity (Wildman–Crippen MR) is 360 cm³/mol. The average molecular weight is 1410 g/mol. The average Bonchev–Trinajstić information content (AvgIpc) is 0.844. The number of nitrogens with zero attached hydrogens (tertiary/aromatic N) is 2. The molecule has 0 atom stereocenters. The highest BCUT2D eigenvalue weighted by Crippen LogP contribution is 2.29. The lowest BCUT2D eigenvalue weighted by atomic mass is 10.0. The fourth-order valence-electron chi connectivity index (χ4n) is 7.87. The van der Waals surface area contributed by atoms with Crippen molar-refractivity contribution < 1.29 is 133 Å². The van der Waals surface area contributed by atoms with Crippen molar-refractivity contribution in [2.45, 2.75) is 48.0 Å². The minimum Gasteiger partial charge on any atom is -0.507 e. The SMILES string of the molecule is CC(=O)CC(=O)O.CC(=O)c1cc(N)c(C(=O)O)cc1N.CC(=O)c1cc(O)c(C(=O)O)cc1O.CC(=O)c1ccc(/C=C/c2ccc(C(=O)O)cc2[N+](=O)[O-])c([N+](=O)[O-])c1.CC(=O)c1ccc(C(=O)O)cc1.CC(=O)c1ccc2cc(C(=O)O)ccc2c1.O=C(O)c1ccc(C(=O)O)c(O)c1. The van der Waals surface area contributed by atoms with E-state index in [1.807, 2.05) is 0 Å². The standard InChI is InChI=1S/C17H12N2O7.C13H10O3.C9H10N2O3.C9H8O5.C9H8O3.C8H6O5.C4H6O3/c1-10(20)13-6-4-11(15(8-13)18(23)24)2-3-12-5-7-14(17(21)22)9-16(12)19(25)26;1-8(14)9-2-3-11-7-12(13(15)16)5-4-10(11)6-9;1-4(12)5-2-8(11)6(9(13)14)3-7(5)10;1-4(10)5-2-8(12)6(9(13)14)3-7(5)11;1-6(10)7-2-4-8(5-3-7)9(11)12;9-6-3-4(7(10)11)1-2-5(6)8(12)13;1-3(5)2-4(6)7/h2-9H,1H3,(H,21,22);2-7H,1H3,(H,15,16);2-3H,10-11H2,1H3,(H,13,14);2-3,11-12H,1H3,(H,13,14);2-5H,1H3,(H,11,12);1-3,9H,(H,10,11)(H,12,13);2H2,1H3,(H,6,7)/b3-2+;;;;;;. The second-order valence-electron chi connectivity index (χ2n) is 20.6. The molecule has 0 aromatic heterocycles. The quantitative estimate of drug-likeness (QED) is 0.00722. The number of aromatic hydroxyl groups is 3. The van der Waals surface area contributed by atoms with E-state index in [1.54, 1.807) is 30.3 Å². The van der Waals surface area contributed by atoms with Crippen LogP contribution in [0.15, 0.2) is 140 Å². The third-order valence-electron chi connectivity index (χ3n) is 13.0. The molecule has 102 heavy (non-hydrogen) atoms. The second-order valence-corrected chi connectivity index (χ2v) is 20.6. The molecule has 0 bridgehead atoms. The molecule has 0 aliphatic heterocycles. The van der Waals surface area contributed by atoms with E-state index in [0.717, 1.165) is 53.2 Å². The van der Waals surface area contributed by atoms with E-state index >= 15 is 0 Å². The Hall–Kier alpha value is -14.7. The van der Waals surface area contributed by atoms with E-state index in [9.17, 15) is 97.6 Å². The lowest BCUT2D eigenvalue weighted by molar-refractivity contribution is -0.385. The van der Waals surface area contributed by atoms with Crippen molar-refractivity contribution in [2.24, 2.45) is 0 Å². The fourth-order valence-corrected chi connectivity index (χ4v) is 7.87. The predicted octanol–water partition coefficient (Wildman–Crippen LogP) is 10.5. The molecule has 33 nitrogen and oxygen atoms in total. The number of carboxylic acid groups (broad SMARTS) is 8. The minimum atomic E-state index is -1.37. The molecule has 15 N–H and O–H groups in total. The Labute approximate surface area is 573 Å². The van der Waals surface area contributed by atoms with Crippen molar-refractivity contribution in [3.05, 3.63) is 238 Å². The maximum absolute atomic E-state index is 11.4. The van der Waals surface area contributed by atoms with Crippen molar-refractivity contribution in [1.29, 1.82) is 0 Å². The topological polar surface area (TPSA) is 600 Å². The van der Waals surface area contributed by atoms with Gasteiger partial charge in [-0.1, -0.05) is 36.4 Å². The number of anilines is 2. The van der Waals surface area contributed by atoms with Gasteiger partial charge in [-0.25, -0.2) is 33.6 Å². The van der Waals surface area contributed by atoms with Gasteiger partial charge < -0.3 is 67.6 Å². The number of rotatable bonds is 18. The number of phenolic OH excluding ortho intramolecular Hbond substituents is 1. The molecule has 0 radical (unpaired) electrons. The number of nitrogens with two attached hydrogens (primary N) is 2. The highest BCUT2D eigenvalue weighted by Gasteiger charge is 2.20. The lowest BCUT2D eigenvalue weighted by Gasteiger charge is -2.06. The van der Waals surface area contributed by atoms with Crippen LogP contribution in [0.2, 0.25) is 0 Å². The number of carbonyl (C=O) groups is 14. The van der Waals surface area contributed by atoms with E-state index in [-0.39, 0.29) is 114 Å². The normalized spacial score (nSPS) is 9.90. The molecule has 0 saturated heterocycles. The van der Waals surface area contributed by atoms with Gasteiger partial charge in [-0.05, 0) is 155 Å². The number of fused-ring (bicyclic) bond motifs is 1. The zero-order valence-electron chi connectivity index (χ0n) is 54.0. The Kier molecular flexibility index (Phi) is 31.2. The van der Waals surface area contributed by atoms with E-state index in [4.69, 9.17) is 57.4 Å². The molecule has 33 heteroatoms. The fraction of sp³-hybridized carbons (Fsp3) is 0.101. The van der Waals surface area contributed by atoms with E-state index in [0.29, 0.717) is 11.1 Å². The number of Topliss-reactive ketones (excluding diaryl/α,β-unsaturated/α-hetero) is 6. The lowest BCUT2D eigenvalue weighted by Crippen LogP contribution is -2.07. The second kappa shape index (κ2) is 38.2. The molecule has 8 aromatic carbocycles. The van der Waals surface area contributed by atoms with Gasteiger partial charge in [0.2, 0.25) is 0 Å². The van der Waals surface area contributed by atoms with Crippen LogP contribution in [0.5, 0.6) is 17.2 Å². The molecule has 0 unspecified atom stereocenters. The summed E-state index contributed by atoms with van der Waals surface area (Å²) in [5.41, 5.74) is 11.3. The molecule has 0 fully saturated rings. The van der Waals surface area contributed by atoms with Crippen LogP contribution in [0.1, 0.15) is 183 Å². The Morgan fingerprint density at radius 2 is 0.647 bits per heavy atom. The highest BCUT2D eigenvalue weighted by molar-refractivity contribution is 6.05. The van der Waals surface area contributed by atoms with Crippen molar-refractivity contribution in [1.82, 2.24) is 0 Å². The molecule has 0 heterocycles. The third-order valence-corrected chi connectivity index (χ3v) is 13.0. The summed E-state index contributed by atoms with van der Waals surface area (Å²) in [6.07, 6.45) is 2.21. The molecule has 530 valence electrons. The number of phenols is 3. The monoisotopic (exact) mass is 1410 g/mol. The van der Waals surface area contributed by atoms with Crippen LogP contribution in [-0.4, -0.2) is 148 Å². The van der Waals surface area contributed by atoms with Gasteiger partial charge in [0.1, 0.15) is 40.6 Å². The van der Waals surface area contributed by atoms with Gasteiger partial charge in [0.15, 0.2) is 28.9 Å². The molecule has 8 rings (SSSR count). The minimum absolute atomic E-state index is 0.00390. The number of nitro groups is 2. The number of ketones is 6. The van der Waals surface area contributed by atoms with Crippen molar-refractivity contribution in [3.63, 3.8) is 0 Å². The summed E-state index contributed by atoms with van der Waals surface area (Å²) < 4.78 is 0. The van der Waals surface area contributed by atoms with Crippen LogP contribution in [0.3, 0.4) is 0 Å². The van der Waals surface area contributed by atoms with Crippen LogP contribution in [0.25, 0.3) is 22.9 Å². The first-order valence-corrected chi connectivity index (χ1v) is 28.3. The van der Waals surface area contributed by atoms with E-state index in [1.165, 1.54) is 120 Å². The van der Waals surface area contributed by atoms with Gasteiger partial charge in [-0.15, -0.1) is 0 Å². The third kappa shape index (κ3) is 25.8. The van der Waals surface area contributed by atoms with Crippen LogP contribution in [0.4, 0.5) is 22.7 Å². The van der Waals surface area contributed by atoms with E-state index < -0.39 is 91.9 Å². The summed E-state index contributed by atoms with van der Waals surface area (Å²) in [7, 11) is 0. The molecular formula is C69H60N4O29. The number of hydrogen-bond donors (Lipinski definition) is 13. The zero-order valence-corrected chi connectivity index (χ0v) is 54.0. The molecule has 0 spiro atoms. The smallest absolute Gasteiger partial charge is 0.339 e. The molecular weight excluding hydrogens is 1350 g/mol. The Bertz CT molecular complexity index is 4390. The molecule has 8 aromatic rings. The Morgan fingerprint density at radius 3 is 1.03 bits per heavy atom. The van der Waals surface area contributed by atoms with Crippen LogP contribution >= 0.6 is 0 Å². The zero-order chi connectivity index (χ0) is 77.9. The molecule has 0 aliphatic carbocycles. The van der Waals surface area contributed by atoms with Gasteiger partial charge in [-0.3, -0.25) is 53.8 Å². The Balaban J connectivity index is 0.000000417. The maximum atomic E-state index is 11.4. The summed E-state index contributed by atoms with van der Waals surface area (Å²) in [4.78, 5) is 170. The molecule has 0 amide bonds.